The molecular formula is C20H24O. The van der Waals surface area contributed by atoms with Crippen molar-refractivity contribution < 1.29 is 4.74 Å². The van der Waals surface area contributed by atoms with Crippen molar-refractivity contribution in [2.75, 3.05) is 6.61 Å². The van der Waals surface area contributed by atoms with E-state index in [9.17, 15) is 0 Å². The van der Waals surface area contributed by atoms with Gasteiger partial charge in [0, 0.05) is 0 Å². The molecule has 0 amide bonds. The van der Waals surface area contributed by atoms with E-state index in [1.54, 1.807) is 0 Å². The fraction of sp³-hybridized carbons (Fsp3) is 0.300. The fourth-order valence-electron chi connectivity index (χ4n) is 2.10. The standard InChI is InChI=1S/C20H24O/c1-20(2,3)19-13-11-17(12-14-19)10-7-15-21-16-18-8-5-4-6-9-18/h4-14H,15-16H2,1-3H3. The van der Waals surface area contributed by atoms with E-state index < -0.39 is 0 Å². The molecule has 0 heterocycles. The number of ether oxygens (including phenoxy) is 1. The van der Waals surface area contributed by atoms with Crippen molar-refractivity contribution >= 4 is 6.08 Å². The molecule has 0 spiro atoms. The Morgan fingerprint density at radius 3 is 2.19 bits per heavy atom. The molecule has 0 fully saturated rings. The van der Waals surface area contributed by atoms with Gasteiger partial charge in [0.15, 0.2) is 0 Å². The lowest BCUT2D eigenvalue weighted by atomic mass is 9.87. The molecule has 21 heavy (non-hydrogen) atoms. The molecule has 1 nitrogen and oxygen atoms in total. The topological polar surface area (TPSA) is 9.23 Å². The summed E-state index contributed by atoms with van der Waals surface area (Å²) in [4.78, 5) is 0. The first-order valence-electron chi connectivity index (χ1n) is 7.44. The lowest BCUT2D eigenvalue weighted by Crippen LogP contribution is -2.10. The van der Waals surface area contributed by atoms with Gasteiger partial charge >= 0.3 is 0 Å². The highest BCUT2D eigenvalue weighted by Gasteiger charge is 2.12. The van der Waals surface area contributed by atoms with Crippen LogP contribution in [0.1, 0.15) is 37.5 Å². The zero-order valence-electron chi connectivity index (χ0n) is 13.2. The summed E-state index contributed by atoms with van der Waals surface area (Å²) in [5.74, 6) is 0. The minimum atomic E-state index is 0.209. The normalized spacial score (nSPS) is 12.0. The Morgan fingerprint density at radius 1 is 0.905 bits per heavy atom. The van der Waals surface area contributed by atoms with Crippen molar-refractivity contribution in [3.05, 3.63) is 77.4 Å². The molecule has 2 rings (SSSR count). The molecule has 0 aliphatic heterocycles. The summed E-state index contributed by atoms with van der Waals surface area (Å²) in [5, 5.41) is 0. The van der Waals surface area contributed by atoms with E-state index in [1.165, 1.54) is 16.7 Å². The van der Waals surface area contributed by atoms with Crippen LogP contribution in [-0.4, -0.2) is 6.61 Å². The van der Waals surface area contributed by atoms with E-state index in [0.717, 1.165) is 0 Å². The quantitative estimate of drug-likeness (QED) is 0.683. The molecule has 0 radical (unpaired) electrons. The molecule has 0 atom stereocenters. The summed E-state index contributed by atoms with van der Waals surface area (Å²) in [6.07, 6.45) is 4.17. The van der Waals surface area contributed by atoms with E-state index in [4.69, 9.17) is 4.74 Å². The third-order valence-corrected chi connectivity index (χ3v) is 3.41. The third kappa shape index (κ3) is 5.20. The average molecular weight is 280 g/mol. The van der Waals surface area contributed by atoms with E-state index in [-0.39, 0.29) is 5.41 Å². The first kappa shape index (κ1) is 15.5. The Bertz CT molecular complexity index is 559. The first-order valence-corrected chi connectivity index (χ1v) is 7.44. The highest BCUT2D eigenvalue weighted by atomic mass is 16.5. The van der Waals surface area contributed by atoms with Crippen molar-refractivity contribution in [1.82, 2.24) is 0 Å². The monoisotopic (exact) mass is 280 g/mol. The van der Waals surface area contributed by atoms with Crippen LogP contribution in [0, 0.1) is 0 Å². The van der Waals surface area contributed by atoms with Crippen LogP contribution in [0.2, 0.25) is 0 Å². The minimum Gasteiger partial charge on any atom is -0.373 e. The van der Waals surface area contributed by atoms with E-state index in [1.807, 2.05) is 18.2 Å². The molecule has 0 aliphatic carbocycles. The summed E-state index contributed by atoms with van der Waals surface area (Å²) in [5.41, 5.74) is 3.99. The second-order valence-corrected chi connectivity index (χ2v) is 6.28. The molecule has 110 valence electrons. The van der Waals surface area contributed by atoms with Crippen LogP contribution >= 0.6 is 0 Å². The molecule has 0 aromatic heterocycles. The zero-order valence-corrected chi connectivity index (χ0v) is 13.2. The van der Waals surface area contributed by atoms with Gasteiger partial charge < -0.3 is 4.74 Å². The van der Waals surface area contributed by atoms with Crippen LogP contribution in [-0.2, 0) is 16.8 Å². The Labute approximate surface area is 128 Å². The van der Waals surface area contributed by atoms with Gasteiger partial charge in [0.1, 0.15) is 0 Å². The third-order valence-electron chi connectivity index (χ3n) is 3.41. The number of benzene rings is 2. The van der Waals surface area contributed by atoms with E-state index in [0.29, 0.717) is 13.2 Å². The number of hydrogen-bond acceptors (Lipinski definition) is 1. The van der Waals surface area contributed by atoms with Gasteiger partial charge in [0.2, 0.25) is 0 Å². The molecule has 0 bridgehead atoms. The highest BCUT2D eigenvalue weighted by Crippen LogP contribution is 2.22. The van der Waals surface area contributed by atoms with Gasteiger partial charge in [-0.2, -0.15) is 0 Å². The molecule has 0 saturated carbocycles. The fourth-order valence-corrected chi connectivity index (χ4v) is 2.10. The van der Waals surface area contributed by atoms with Gasteiger partial charge in [-0.1, -0.05) is 87.5 Å². The van der Waals surface area contributed by atoms with Crippen molar-refractivity contribution in [3.8, 4) is 0 Å². The molecule has 0 saturated heterocycles. The Kier molecular flexibility index (Phi) is 5.35. The maximum Gasteiger partial charge on any atom is 0.0721 e. The van der Waals surface area contributed by atoms with Gasteiger partial charge in [-0.25, -0.2) is 0 Å². The SMILES string of the molecule is CC(C)(C)c1ccc(C=CCOCc2ccccc2)cc1. The lowest BCUT2D eigenvalue weighted by molar-refractivity contribution is 0.149. The van der Waals surface area contributed by atoms with Gasteiger partial charge in [0.25, 0.3) is 0 Å². The summed E-state index contributed by atoms with van der Waals surface area (Å²) in [6, 6.07) is 19.0. The molecule has 0 unspecified atom stereocenters. The predicted octanol–water partition coefficient (Wildman–Crippen LogP) is 5.21. The largest absolute Gasteiger partial charge is 0.373 e. The number of rotatable bonds is 5. The Morgan fingerprint density at radius 2 is 1.57 bits per heavy atom. The van der Waals surface area contributed by atoms with Crippen molar-refractivity contribution in [3.63, 3.8) is 0 Å². The summed E-state index contributed by atoms with van der Waals surface area (Å²) < 4.78 is 5.63. The first-order chi connectivity index (χ1) is 10.1. The number of hydrogen-bond donors (Lipinski definition) is 0. The lowest BCUT2D eigenvalue weighted by Gasteiger charge is -2.18. The van der Waals surface area contributed by atoms with Gasteiger partial charge in [0.05, 0.1) is 13.2 Å². The molecule has 0 aliphatic rings. The van der Waals surface area contributed by atoms with Crippen molar-refractivity contribution in [1.29, 1.82) is 0 Å². The van der Waals surface area contributed by atoms with Crippen LogP contribution in [0.3, 0.4) is 0 Å². The molecule has 2 aromatic carbocycles. The summed E-state index contributed by atoms with van der Waals surface area (Å²) in [7, 11) is 0. The van der Waals surface area contributed by atoms with Crippen LogP contribution in [0.25, 0.3) is 6.08 Å². The van der Waals surface area contributed by atoms with Gasteiger partial charge in [-0.3, -0.25) is 0 Å². The van der Waals surface area contributed by atoms with Crippen LogP contribution in [0.5, 0.6) is 0 Å². The molecule has 0 N–H and O–H groups in total. The predicted molar refractivity (Wildman–Crippen MR) is 90.3 cm³/mol. The summed E-state index contributed by atoms with van der Waals surface area (Å²) in [6.45, 7) is 7.99. The second kappa shape index (κ2) is 7.24. The van der Waals surface area contributed by atoms with Crippen LogP contribution in [0.15, 0.2) is 60.7 Å². The molecule has 2 aromatic rings. The maximum atomic E-state index is 5.63. The van der Waals surface area contributed by atoms with E-state index >= 15 is 0 Å². The van der Waals surface area contributed by atoms with Gasteiger partial charge in [-0.05, 0) is 22.1 Å². The second-order valence-electron chi connectivity index (χ2n) is 6.28. The minimum absolute atomic E-state index is 0.209. The van der Waals surface area contributed by atoms with Crippen molar-refractivity contribution in [2.24, 2.45) is 0 Å². The molecular weight excluding hydrogens is 256 g/mol. The van der Waals surface area contributed by atoms with Crippen LogP contribution < -0.4 is 0 Å². The van der Waals surface area contributed by atoms with Crippen LogP contribution in [0.4, 0.5) is 0 Å². The van der Waals surface area contributed by atoms with Crippen molar-refractivity contribution in [2.45, 2.75) is 32.8 Å². The highest BCUT2D eigenvalue weighted by molar-refractivity contribution is 5.50. The van der Waals surface area contributed by atoms with Gasteiger partial charge in [-0.15, -0.1) is 0 Å². The average Bonchev–Trinajstić information content (AvgIpc) is 2.47. The van der Waals surface area contributed by atoms with E-state index in [2.05, 4.69) is 69.3 Å². The smallest absolute Gasteiger partial charge is 0.0721 e. The maximum absolute atomic E-state index is 5.63. The molecule has 1 heteroatoms. The zero-order chi connectivity index (χ0) is 15.1. The Balaban J connectivity index is 1.79. The summed E-state index contributed by atoms with van der Waals surface area (Å²) >= 11 is 0. The Hall–Kier alpha value is -1.86.